The van der Waals surface area contributed by atoms with E-state index in [0.29, 0.717) is 6.07 Å². The summed E-state index contributed by atoms with van der Waals surface area (Å²) in [7, 11) is 0. The number of benzene rings is 2. The summed E-state index contributed by atoms with van der Waals surface area (Å²) in [4.78, 5) is 12.7. The van der Waals surface area contributed by atoms with Crippen LogP contribution in [-0.4, -0.2) is 22.3 Å². The Morgan fingerprint density at radius 2 is 2.07 bits per heavy atom. The number of hydrogen-bond acceptors (Lipinski definition) is 5. The molecule has 2 aromatic carbocycles. The van der Waals surface area contributed by atoms with Crippen molar-refractivity contribution in [2.45, 2.75) is 25.1 Å². The number of phenolic OH excluding ortho intramolecular Hbond substituents is 1. The van der Waals surface area contributed by atoms with Gasteiger partial charge < -0.3 is 10.4 Å². The Balaban J connectivity index is 1.80. The highest BCUT2D eigenvalue weighted by Crippen LogP contribution is 2.34. The average molecular weight is 406 g/mol. The normalized spacial score (nSPS) is 18.6. The molecule has 0 saturated carbocycles. The number of alkyl halides is 3. The number of hydrogen-bond donors (Lipinski definition) is 3. The Morgan fingerprint density at radius 1 is 1.34 bits per heavy atom. The molecule has 1 amide bonds. The van der Waals surface area contributed by atoms with Gasteiger partial charge in [0.1, 0.15) is 5.54 Å². The van der Waals surface area contributed by atoms with Gasteiger partial charge in [-0.05, 0) is 37.3 Å². The summed E-state index contributed by atoms with van der Waals surface area (Å²) in [6, 6.07) is 8.16. The predicted molar refractivity (Wildman–Crippen MR) is 95.5 cm³/mol. The second-order valence-electron chi connectivity index (χ2n) is 6.64. The number of para-hydroxylation sites is 1. The van der Waals surface area contributed by atoms with Crippen LogP contribution in [-0.2, 0) is 11.0 Å². The number of nitrogens with zero attached hydrogens (tertiary/aromatic N) is 2. The van der Waals surface area contributed by atoms with Crippen molar-refractivity contribution in [1.82, 2.24) is 5.43 Å². The van der Waals surface area contributed by atoms with E-state index >= 15 is 0 Å². The summed E-state index contributed by atoms with van der Waals surface area (Å²) in [5.41, 5.74) is -0.314. The number of rotatable bonds is 3. The number of amides is 1. The zero-order valence-electron chi connectivity index (χ0n) is 14.9. The number of halogens is 4. The fraction of sp³-hybridized carbons (Fsp3) is 0.211. The first-order valence-corrected chi connectivity index (χ1v) is 8.29. The van der Waals surface area contributed by atoms with Gasteiger partial charge in [0.2, 0.25) is 0 Å². The van der Waals surface area contributed by atoms with E-state index < -0.39 is 40.3 Å². The van der Waals surface area contributed by atoms with Crippen LogP contribution >= 0.6 is 0 Å². The molecule has 6 nitrogen and oxygen atoms in total. The molecule has 0 aromatic heterocycles. The average Bonchev–Trinajstić information content (AvgIpc) is 3.06. The molecule has 0 fully saturated rings. The quantitative estimate of drug-likeness (QED) is 0.680. The molecular weight excluding hydrogens is 392 g/mol. The summed E-state index contributed by atoms with van der Waals surface area (Å²) in [5.74, 6) is -2.15. The lowest BCUT2D eigenvalue weighted by Crippen LogP contribution is -2.47. The van der Waals surface area contributed by atoms with E-state index in [-0.39, 0.29) is 23.4 Å². The van der Waals surface area contributed by atoms with Crippen LogP contribution in [0.15, 0.2) is 41.5 Å². The maximum absolute atomic E-state index is 13.5. The molecule has 3 rings (SSSR count). The smallest absolute Gasteiger partial charge is 0.417 e. The molecule has 10 heteroatoms. The minimum Gasteiger partial charge on any atom is -0.504 e. The zero-order valence-corrected chi connectivity index (χ0v) is 14.9. The number of aromatic hydroxyl groups is 1. The van der Waals surface area contributed by atoms with Crippen molar-refractivity contribution in [1.29, 1.82) is 5.26 Å². The second-order valence-corrected chi connectivity index (χ2v) is 6.64. The van der Waals surface area contributed by atoms with Gasteiger partial charge in [-0.2, -0.15) is 23.5 Å². The number of anilines is 1. The first kappa shape index (κ1) is 20.1. The van der Waals surface area contributed by atoms with Gasteiger partial charge >= 0.3 is 6.18 Å². The standard InChI is InChI=1S/C19H14F4N4O2/c1-18(8-15(26-27-18)12-3-2-4-14(20)16(12)28)17(29)25-11-6-5-10(9-24)13(7-11)19(21,22)23/h2-7,27-28H,8H2,1H3,(H,25,29). The Bertz CT molecular complexity index is 1060. The van der Waals surface area contributed by atoms with Crippen LogP contribution in [0.1, 0.15) is 30.0 Å². The maximum Gasteiger partial charge on any atom is 0.417 e. The summed E-state index contributed by atoms with van der Waals surface area (Å²) >= 11 is 0. The molecule has 0 bridgehead atoms. The fourth-order valence-electron chi connectivity index (χ4n) is 2.86. The van der Waals surface area contributed by atoms with Crippen molar-refractivity contribution in [2.75, 3.05) is 5.32 Å². The number of phenols is 1. The van der Waals surface area contributed by atoms with Crippen molar-refractivity contribution in [3.05, 3.63) is 58.9 Å². The van der Waals surface area contributed by atoms with Crippen LogP contribution in [0.2, 0.25) is 0 Å². The van der Waals surface area contributed by atoms with Crippen molar-refractivity contribution in [2.24, 2.45) is 5.10 Å². The van der Waals surface area contributed by atoms with Crippen LogP contribution in [0.25, 0.3) is 0 Å². The van der Waals surface area contributed by atoms with E-state index in [1.165, 1.54) is 31.2 Å². The molecule has 0 radical (unpaired) electrons. The third kappa shape index (κ3) is 3.85. The van der Waals surface area contributed by atoms with Crippen LogP contribution in [0.5, 0.6) is 5.75 Å². The molecule has 1 unspecified atom stereocenters. The third-order valence-electron chi connectivity index (χ3n) is 4.46. The van der Waals surface area contributed by atoms with Crippen LogP contribution < -0.4 is 10.7 Å². The lowest BCUT2D eigenvalue weighted by molar-refractivity contribution is -0.137. The van der Waals surface area contributed by atoms with Crippen LogP contribution in [0, 0.1) is 17.1 Å². The van der Waals surface area contributed by atoms with Crippen molar-refractivity contribution < 1.29 is 27.5 Å². The maximum atomic E-state index is 13.5. The van der Waals surface area contributed by atoms with Crippen molar-refractivity contribution in [3.63, 3.8) is 0 Å². The van der Waals surface area contributed by atoms with Gasteiger partial charge in [0, 0.05) is 17.7 Å². The molecule has 150 valence electrons. The highest BCUT2D eigenvalue weighted by molar-refractivity contribution is 6.10. The topological polar surface area (TPSA) is 97.5 Å². The van der Waals surface area contributed by atoms with Gasteiger partial charge in [0.25, 0.3) is 5.91 Å². The van der Waals surface area contributed by atoms with E-state index in [4.69, 9.17) is 5.26 Å². The molecule has 29 heavy (non-hydrogen) atoms. The lowest BCUT2D eigenvalue weighted by Gasteiger charge is -2.23. The summed E-state index contributed by atoms with van der Waals surface area (Å²) in [6.45, 7) is 1.46. The first-order chi connectivity index (χ1) is 13.5. The van der Waals surface area contributed by atoms with E-state index in [2.05, 4.69) is 15.8 Å². The molecule has 2 aromatic rings. The minimum atomic E-state index is -4.76. The van der Waals surface area contributed by atoms with Gasteiger partial charge in [-0.15, -0.1) is 0 Å². The van der Waals surface area contributed by atoms with Crippen LogP contribution in [0.3, 0.4) is 0 Å². The number of carbonyl (C=O) groups is 1. The first-order valence-electron chi connectivity index (χ1n) is 8.29. The largest absolute Gasteiger partial charge is 0.504 e. The molecular formula is C19H14F4N4O2. The monoisotopic (exact) mass is 406 g/mol. The summed E-state index contributed by atoms with van der Waals surface area (Å²) < 4.78 is 52.8. The lowest BCUT2D eigenvalue weighted by atomic mass is 9.92. The Labute approximate surface area is 162 Å². The second kappa shape index (κ2) is 7.09. The number of hydrazone groups is 1. The highest BCUT2D eigenvalue weighted by Gasteiger charge is 2.40. The van der Waals surface area contributed by atoms with Crippen LogP contribution in [0.4, 0.5) is 23.2 Å². The van der Waals surface area contributed by atoms with E-state index in [9.17, 15) is 27.5 Å². The number of nitriles is 1. The summed E-state index contributed by atoms with van der Waals surface area (Å²) in [5, 5.41) is 25.0. The molecule has 0 saturated heterocycles. The molecule has 1 atom stereocenters. The predicted octanol–water partition coefficient (Wildman–Crippen LogP) is 3.52. The van der Waals surface area contributed by atoms with Gasteiger partial charge in [-0.3, -0.25) is 10.2 Å². The Morgan fingerprint density at radius 3 is 2.72 bits per heavy atom. The SMILES string of the molecule is CC1(C(=O)Nc2ccc(C#N)c(C(F)(F)F)c2)CC(c2cccc(F)c2O)=NN1. The zero-order chi connectivity index (χ0) is 21.4. The van der Waals surface area contributed by atoms with E-state index in [0.717, 1.165) is 12.1 Å². The van der Waals surface area contributed by atoms with E-state index in [1.54, 1.807) is 0 Å². The molecule has 1 heterocycles. The Kier molecular flexibility index (Phi) is 4.92. The van der Waals surface area contributed by atoms with Gasteiger partial charge in [0.15, 0.2) is 11.6 Å². The van der Waals surface area contributed by atoms with Gasteiger partial charge in [0.05, 0.1) is 22.9 Å². The molecule has 0 aliphatic carbocycles. The molecule has 3 N–H and O–H groups in total. The molecule has 1 aliphatic heterocycles. The third-order valence-corrected chi connectivity index (χ3v) is 4.46. The van der Waals surface area contributed by atoms with Gasteiger partial charge in [-0.1, -0.05) is 6.07 Å². The van der Waals surface area contributed by atoms with Gasteiger partial charge in [-0.25, -0.2) is 4.39 Å². The van der Waals surface area contributed by atoms with Crippen molar-refractivity contribution in [3.8, 4) is 11.8 Å². The number of carbonyl (C=O) groups excluding carboxylic acids is 1. The van der Waals surface area contributed by atoms with Crippen molar-refractivity contribution >= 4 is 17.3 Å². The number of nitrogens with one attached hydrogen (secondary N) is 2. The highest BCUT2D eigenvalue weighted by atomic mass is 19.4. The minimum absolute atomic E-state index is 0.0434. The van der Waals surface area contributed by atoms with E-state index in [1.807, 2.05) is 0 Å². The molecule has 0 spiro atoms. The molecule has 1 aliphatic rings. The summed E-state index contributed by atoms with van der Waals surface area (Å²) in [6.07, 6.45) is -4.80. The Hall–Kier alpha value is -3.61. The fourth-order valence-corrected chi connectivity index (χ4v) is 2.86.